The van der Waals surface area contributed by atoms with Gasteiger partial charge in [0.15, 0.2) is 11.1 Å². The molecule has 70 valence electrons. The molecular weight excluding hydrogens is 174 g/mol. The van der Waals surface area contributed by atoms with E-state index in [-0.39, 0.29) is 17.0 Å². The summed E-state index contributed by atoms with van der Waals surface area (Å²) in [5.74, 6) is 0.0855. The molecule has 1 atom stereocenters. The topological polar surface area (TPSA) is 81.5 Å². The highest BCUT2D eigenvalue weighted by atomic mass is 32.1. The Labute approximate surface area is 77.8 Å². The van der Waals surface area contributed by atoms with Crippen molar-refractivity contribution >= 4 is 23.7 Å². The van der Waals surface area contributed by atoms with Crippen LogP contribution in [0.2, 0.25) is 0 Å². The minimum atomic E-state index is -0.0836. The molecule has 0 radical (unpaired) electrons. The number of carbonyl (C=O) groups excluding carboxylic acids is 1. The van der Waals surface area contributed by atoms with E-state index in [0.29, 0.717) is 6.54 Å². The lowest BCUT2D eigenvalue weighted by atomic mass is 10.1. The van der Waals surface area contributed by atoms with Crippen molar-refractivity contribution in [3.05, 3.63) is 0 Å². The second-order valence-corrected chi connectivity index (χ2v) is 3.13. The molecule has 0 fully saturated rings. The number of carbonyl (C=O) groups is 1. The van der Waals surface area contributed by atoms with E-state index in [0.717, 1.165) is 12.8 Å². The van der Waals surface area contributed by atoms with Gasteiger partial charge < -0.3 is 11.5 Å². The van der Waals surface area contributed by atoms with Gasteiger partial charge in [0.1, 0.15) is 0 Å². The van der Waals surface area contributed by atoms with Gasteiger partial charge in [0.25, 0.3) is 0 Å². The fourth-order valence-corrected chi connectivity index (χ4v) is 0.858. The summed E-state index contributed by atoms with van der Waals surface area (Å²) in [7, 11) is 0. The summed E-state index contributed by atoms with van der Waals surface area (Å²) in [5.41, 5.74) is 10.2. The van der Waals surface area contributed by atoms with Crippen molar-refractivity contribution in [2.24, 2.45) is 22.4 Å². The number of nitrogens with zero attached hydrogens (tertiary/aromatic N) is 1. The summed E-state index contributed by atoms with van der Waals surface area (Å²) in [6, 6.07) is 0. The number of guanidine groups is 1. The predicted molar refractivity (Wildman–Crippen MR) is 53.1 cm³/mol. The Balaban J connectivity index is 3.44. The van der Waals surface area contributed by atoms with Crippen LogP contribution in [0.5, 0.6) is 0 Å². The minimum Gasteiger partial charge on any atom is -0.370 e. The van der Waals surface area contributed by atoms with Crippen molar-refractivity contribution in [3.8, 4) is 0 Å². The van der Waals surface area contributed by atoms with Crippen LogP contribution in [0.15, 0.2) is 4.99 Å². The number of rotatable bonds is 5. The van der Waals surface area contributed by atoms with Crippen LogP contribution < -0.4 is 11.5 Å². The smallest absolute Gasteiger partial charge is 0.188 e. The summed E-state index contributed by atoms with van der Waals surface area (Å²) >= 11 is 3.71. The lowest BCUT2D eigenvalue weighted by molar-refractivity contribution is -0.113. The Kier molecular flexibility index (Phi) is 5.53. The first-order valence-electron chi connectivity index (χ1n) is 3.82. The third-order valence-corrected chi connectivity index (χ3v) is 1.95. The van der Waals surface area contributed by atoms with Crippen LogP contribution >= 0.6 is 12.6 Å². The zero-order chi connectivity index (χ0) is 9.56. The fraction of sp³-hybridized carbons (Fsp3) is 0.714. The van der Waals surface area contributed by atoms with Crippen LogP contribution in [-0.2, 0) is 4.79 Å². The van der Waals surface area contributed by atoms with Crippen LogP contribution in [0.25, 0.3) is 0 Å². The molecule has 0 bridgehead atoms. The molecule has 5 heteroatoms. The van der Waals surface area contributed by atoms with E-state index < -0.39 is 0 Å². The Morgan fingerprint density at radius 1 is 1.58 bits per heavy atom. The van der Waals surface area contributed by atoms with Gasteiger partial charge in [0.2, 0.25) is 0 Å². The molecule has 0 aliphatic heterocycles. The maximum Gasteiger partial charge on any atom is 0.188 e. The number of nitrogens with two attached hydrogens (primary N) is 2. The second kappa shape index (κ2) is 5.88. The summed E-state index contributed by atoms with van der Waals surface area (Å²) in [5, 5.41) is -0.0836. The van der Waals surface area contributed by atoms with E-state index in [9.17, 15) is 4.79 Å². The molecule has 0 aromatic heterocycles. The summed E-state index contributed by atoms with van der Waals surface area (Å²) in [4.78, 5) is 14.4. The van der Waals surface area contributed by atoms with Crippen LogP contribution in [0, 0.1) is 5.92 Å². The van der Waals surface area contributed by atoms with Crippen molar-refractivity contribution in [2.45, 2.75) is 19.8 Å². The van der Waals surface area contributed by atoms with Gasteiger partial charge in [-0.3, -0.25) is 9.79 Å². The van der Waals surface area contributed by atoms with Gasteiger partial charge in [-0.1, -0.05) is 6.92 Å². The maximum absolute atomic E-state index is 10.7. The van der Waals surface area contributed by atoms with Gasteiger partial charge >= 0.3 is 0 Å². The molecule has 0 saturated heterocycles. The van der Waals surface area contributed by atoms with Crippen LogP contribution in [0.4, 0.5) is 0 Å². The lowest BCUT2D eigenvalue weighted by Gasteiger charge is -2.03. The van der Waals surface area contributed by atoms with E-state index in [1.165, 1.54) is 0 Å². The Bertz CT molecular complexity index is 177. The zero-order valence-corrected chi connectivity index (χ0v) is 8.05. The molecule has 0 rings (SSSR count). The van der Waals surface area contributed by atoms with E-state index in [1.54, 1.807) is 0 Å². The highest BCUT2D eigenvalue weighted by Gasteiger charge is 2.06. The molecule has 0 amide bonds. The monoisotopic (exact) mass is 189 g/mol. The average Bonchev–Trinajstić information content (AvgIpc) is 1.97. The first-order chi connectivity index (χ1) is 5.54. The molecule has 1 unspecified atom stereocenters. The zero-order valence-electron chi connectivity index (χ0n) is 7.16. The quantitative estimate of drug-likeness (QED) is 0.249. The van der Waals surface area contributed by atoms with Gasteiger partial charge in [-0.05, 0) is 12.8 Å². The van der Waals surface area contributed by atoms with Crippen molar-refractivity contribution in [1.29, 1.82) is 0 Å². The normalized spacial score (nSPS) is 12.2. The molecule has 0 aromatic carbocycles. The second-order valence-electron chi connectivity index (χ2n) is 2.69. The molecule has 4 N–H and O–H groups in total. The first kappa shape index (κ1) is 11.3. The number of hydrogen-bond acceptors (Lipinski definition) is 2. The molecule has 0 aromatic rings. The highest BCUT2D eigenvalue weighted by Crippen LogP contribution is 2.08. The van der Waals surface area contributed by atoms with Gasteiger partial charge in [-0.2, -0.15) is 0 Å². The molecule has 0 aliphatic rings. The highest BCUT2D eigenvalue weighted by molar-refractivity contribution is 7.96. The summed E-state index contributed by atoms with van der Waals surface area (Å²) in [6.45, 7) is 2.42. The van der Waals surface area contributed by atoms with Crippen LogP contribution in [0.1, 0.15) is 19.8 Å². The molecule has 0 aliphatic carbocycles. The molecule has 4 nitrogen and oxygen atoms in total. The third-order valence-electron chi connectivity index (χ3n) is 1.51. The predicted octanol–water partition coefficient (Wildman–Crippen LogP) is 0.133. The van der Waals surface area contributed by atoms with E-state index in [4.69, 9.17) is 11.5 Å². The van der Waals surface area contributed by atoms with Gasteiger partial charge in [-0.15, -0.1) is 12.6 Å². The lowest BCUT2D eigenvalue weighted by Crippen LogP contribution is -2.23. The molecular formula is C7H15N3OS. The fourth-order valence-electron chi connectivity index (χ4n) is 0.729. The van der Waals surface area contributed by atoms with Crippen molar-refractivity contribution in [1.82, 2.24) is 0 Å². The molecule has 12 heavy (non-hydrogen) atoms. The van der Waals surface area contributed by atoms with Crippen molar-refractivity contribution in [2.75, 3.05) is 6.54 Å². The van der Waals surface area contributed by atoms with Gasteiger partial charge in [-0.25, -0.2) is 0 Å². The van der Waals surface area contributed by atoms with Crippen molar-refractivity contribution < 1.29 is 4.79 Å². The number of aliphatic imine (C=N–C) groups is 1. The van der Waals surface area contributed by atoms with Crippen LogP contribution in [0.3, 0.4) is 0 Å². The number of hydrogen-bond donors (Lipinski definition) is 3. The van der Waals surface area contributed by atoms with Gasteiger partial charge in [0, 0.05) is 12.5 Å². The first-order valence-corrected chi connectivity index (χ1v) is 4.27. The number of thiol groups is 1. The molecule has 0 heterocycles. The standard InChI is InChI=1S/C7H15N3OS/c1-5(6(11)12)3-2-4-10-7(8)9/h5H,2-4H2,1H3,(H,11,12)(H4,8,9,10). The largest absolute Gasteiger partial charge is 0.370 e. The summed E-state index contributed by atoms with van der Waals surface area (Å²) < 4.78 is 0. The average molecular weight is 189 g/mol. The van der Waals surface area contributed by atoms with Crippen molar-refractivity contribution in [3.63, 3.8) is 0 Å². The van der Waals surface area contributed by atoms with E-state index in [1.807, 2.05) is 6.92 Å². The van der Waals surface area contributed by atoms with E-state index in [2.05, 4.69) is 17.6 Å². The minimum absolute atomic E-state index is 0.0115. The molecule has 0 spiro atoms. The Hall–Kier alpha value is -0.710. The Morgan fingerprint density at radius 2 is 2.17 bits per heavy atom. The van der Waals surface area contributed by atoms with Crippen LogP contribution in [-0.4, -0.2) is 17.6 Å². The Morgan fingerprint density at radius 3 is 2.58 bits per heavy atom. The maximum atomic E-state index is 10.7. The third kappa shape index (κ3) is 6.03. The van der Waals surface area contributed by atoms with Gasteiger partial charge in [0.05, 0.1) is 0 Å². The molecule has 0 saturated carbocycles. The SMILES string of the molecule is CC(CCCN=C(N)N)C(=O)S. The summed E-state index contributed by atoms with van der Waals surface area (Å²) in [6.07, 6.45) is 1.59. The van der Waals surface area contributed by atoms with E-state index >= 15 is 0 Å².